The molecule has 2 heterocycles. The molecule has 3 rings (SSSR count). The SMILES string of the molecule is C=CCn1c(SCC(=O)Nc2c(C)cccc2C)nnc1-c1csc(CCC)c1. The molecule has 7 heteroatoms. The lowest BCUT2D eigenvalue weighted by atomic mass is 10.1. The van der Waals surface area contributed by atoms with E-state index < -0.39 is 0 Å². The molecule has 3 aromatic rings. The van der Waals surface area contributed by atoms with Gasteiger partial charge in [-0.25, -0.2) is 0 Å². The Morgan fingerprint density at radius 1 is 1.31 bits per heavy atom. The van der Waals surface area contributed by atoms with Gasteiger partial charge in [0.1, 0.15) is 0 Å². The number of nitrogens with zero attached hydrogens (tertiary/aromatic N) is 3. The molecular formula is C22H26N4OS2. The number of anilines is 1. The van der Waals surface area contributed by atoms with Crippen LogP contribution < -0.4 is 5.32 Å². The van der Waals surface area contributed by atoms with Crippen molar-refractivity contribution in [2.75, 3.05) is 11.1 Å². The Kier molecular flexibility index (Phi) is 7.28. The predicted octanol–water partition coefficient (Wildman–Crippen LogP) is 5.49. The summed E-state index contributed by atoms with van der Waals surface area (Å²) < 4.78 is 2.02. The van der Waals surface area contributed by atoms with Gasteiger partial charge in [-0.05, 0) is 37.5 Å². The van der Waals surface area contributed by atoms with Gasteiger partial charge in [0.2, 0.25) is 5.91 Å². The van der Waals surface area contributed by atoms with Gasteiger partial charge in [0.15, 0.2) is 11.0 Å². The first-order chi connectivity index (χ1) is 14.0. The van der Waals surface area contributed by atoms with Crippen LogP contribution in [0.5, 0.6) is 0 Å². The van der Waals surface area contributed by atoms with Crippen LogP contribution in [0.3, 0.4) is 0 Å². The molecule has 0 saturated carbocycles. The van der Waals surface area contributed by atoms with Crippen LogP contribution in [-0.4, -0.2) is 26.4 Å². The zero-order chi connectivity index (χ0) is 20.8. The largest absolute Gasteiger partial charge is 0.325 e. The van der Waals surface area contributed by atoms with Crippen LogP contribution in [-0.2, 0) is 17.8 Å². The monoisotopic (exact) mass is 426 g/mol. The third-order valence-corrected chi connectivity index (χ3v) is 6.48. The standard InChI is InChI=1S/C22H26N4OS2/c1-5-8-18-12-17(13-28-18)21-24-25-22(26(21)11-6-2)29-14-19(27)23-20-15(3)9-7-10-16(20)4/h6-7,9-10,12-13H,2,5,8,11,14H2,1,3-4H3,(H,23,27). The predicted molar refractivity (Wildman–Crippen MR) is 123 cm³/mol. The molecule has 5 nitrogen and oxygen atoms in total. The van der Waals surface area contributed by atoms with Crippen molar-refractivity contribution in [1.29, 1.82) is 0 Å². The Morgan fingerprint density at radius 2 is 2.07 bits per heavy atom. The molecule has 0 unspecified atom stereocenters. The molecule has 0 fully saturated rings. The number of carbonyl (C=O) groups is 1. The van der Waals surface area contributed by atoms with Gasteiger partial charge in [-0.15, -0.1) is 28.1 Å². The highest BCUT2D eigenvalue weighted by molar-refractivity contribution is 7.99. The van der Waals surface area contributed by atoms with E-state index >= 15 is 0 Å². The summed E-state index contributed by atoms with van der Waals surface area (Å²) >= 11 is 3.14. The van der Waals surface area contributed by atoms with Gasteiger partial charge in [0, 0.05) is 28.1 Å². The van der Waals surface area contributed by atoms with E-state index in [2.05, 4.69) is 40.5 Å². The molecule has 0 bridgehead atoms. The average molecular weight is 427 g/mol. The number of allylic oxidation sites excluding steroid dienone is 1. The van der Waals surface area contributed by atoms with Crippen LogP contribution in [0, 0.1) is 13.8 Å². The number of nitrogens with one attached hydrogen (secondary N) is 1. The number of para-hydroxylation sites is 1. The lowest BCUT2D eigenvalue weighted by Gasteiger charge is -2.11. The fraction of sp³-hybridized carbons (Fsp3) is 0.318. The van der Waals surface area contributed by atoms with Crippen LogP contribution >= 0.6 is 23.1 Å². The molecule has 0 spiro atoms. The summed E-state index contributed by atoms with van der Waals surface area (Å²) in [5.41, 5.74) is 4.06. The van der Waals surface area contributed by atoms with Gasteiger partial charge < -0.3 is 5.32 Å². The molecule has 0 atom stereocenters. The van der Waals surface area contributed by atoms with Crippen molar-refractivity contribution < 1.29 is 4.79 Å². The Bertz CT molecular complexity index is 986. The number of amides is 1. The maximum absolute atomic E-state index is 12.5. The fourth-order valence-electron chi connectivity index (χ4n) is 3.10. The van der Waals surface area contributed by atoms with Crippen molar-refractivity contribution in [3.8, 4) is 11.4 Å². The minimum absolute atomic E-state index is 0.0529. The summed E-state index contributed by atoms with van der Waals surface area (Å²) in [6.07, 6.45) is 4.02. The molecule has 0 aliphatic rings. The number of thiophene rings is 1. The van der Waals surface area contributed by atoms with E-state index in [9.17, 15) is 4.79 Å². The lowest BCUT2D eigenvalue weighted by molar-refractivity contribution is -0.113. The molecule has 0 radical (unpaired) electrons. The Labute approximate surface area is 180 Å². The first kappa shape index (κ1) is 21.3. The number of aryl methyl sites for hydroxylation is 3. The highest BCUT2D eigenvalue weighted by Gasteiger charge is 2.16. The van der Waals surface area contributed by atoms with E-state index in [0.717, 1.165) is 46.2 Å². The summed E-state index contributed by atoms with van der Waals surface area (Å²) in [5.74, 6) is 1.04. The number of aromatic nitrogens is 3. The van der Waals surface area contributed by atoms with E-state index in [1.165, 1.54) is 16.6 Å². The van der Waals surface area contributed by atoms with Gasteiger partial charge in [0.25, 0.3) is 0 Å². The zero-order valence-corrected chi connectivity index (χ0v) is 18.7. The molecule has 29 heavy (non-hydrogen) atoms. The quantitative estimate of drug-likeness (QED) is 0.363. The number of benzene rings is 1. The second-order valence-electron chi connectivity index (χ2n) is 6.86. The third-order valence-electron chi connectivity index (χ3n) is 4.51. The zero-order valence-electron chi connectivity index (χ0n) is 17.1. The average Bonchev–Trinajstić information content (AvgIpc) is 3.31. The van der Waals surface area contributed by atoms with E-state index in [-0.39, 0.29) is 11.7 Å². The fourth-order valence-corrected chi connectivity index (χ4v) is 4.81. The number of rotatable bonds is 9. The van der Waals surface area contributed by atoms with Crippen molar-refractivity contribution >= 4 is 34.7 Å². The molecule has 152 valence electrons. The smallest absolute Gasteiger partial charge is 0.234 e. The molecular weight excluding hydrogens is 400 g/mol. The second kappa shape index (κ2) is 9.89. The van der Waals surface area contributed by atoms with Gasteiger partial charge in [-0.2, -0.15) is 0 Å². The summed E-state index contributed by atoms with van der Waals surface area (Å²) in [6.45, 7) is 10.6. The summed E-state index contributed by atoms with van der Waals surface area (Å²) in [6, 6.07) is 8.16. The van der Waals surface area contributed by atoms with Gasteiger partial charge in [-0.1, -0.05) is 49.4 Å². The van der Waals surface area contributed by atoms with Crippen molar-refractivity contribution in [2.24, 2.45) is 0 Å². The summed E-state index contributed by atoms with van der Waals surface area (Å²) in [7, 11) is 0. The van der Waals surface area contributed by atoms with Crippen LogP contribution in [0.1, 0.15) is 29.3 Å². The van der Waals surface area contributed by atoms with Crippen molar-refractivity contribution in [1.82, 2.24) is 14.8 Å². The first-order valence-electron chi connectivity index (χ1n) is 9.64. The van der Waals surface area contributed by atoms with Gasteiger partial charge >= 0.3 is 0 Å². The molecule has 0 aliphatic heterocycles. The van der Waals surface area contributed by atoms with Crippen molar-refractivity contribution in [3.05, 3.63) is 58.3 Å². The highest BCUT2D eigenvalue weighted by Crippen LogP contribution is 2.29. The molecule has 2 aromatic heterocycles. The summed E-state index contributed by atoms with van der Waals surface area (Å²) in [5, 5.41) is 14.6. The van der Waals surface area contributed by atoms with Crippen LogP contribution in [0.25, 0.3) is 11.4 Å². The van der Waals surface area contributed by atoms with E-state index in [1.54, 1.807) is 11.3 Å². The minimum Gasteiger partial charge on any atom is -0.325 e. The number of carbonyl (C=O) groups excluding carboxylic acids is 1. The Hall–Kier alpha value is -2.38. The van der Waals surface area contributed by atoms with Crippen LogP contribution in [0.15, 0.2) is 47.5 Å². The summed E-state index contributed by atoms with van der Waals surface area (Å²) in [4.78, 5) is 13.8. The first-order valence-corrected chi connectivity index (χ1v) is 11.5. The molecule has 1 aromatic carbocycles. The highest BCUT2D eigenvalue weighted by atomic mass is 32.2. The molecule has 0 aliphatic carbocycles. The topological polar surface area (TPSA) is 59.8 Å². The second-order valence-corrected chi connectivity index (χ2v) is 8.80. The molecule has 1 N–H and O–H groups in total. The molecule has 1 amide bonds. The Morgan fingerprint density at radius 3 is 2.76 bits per heavy atom. The normalized spacial score (nSPS) is 10.9. The maximum Gasteiger partial charge on any atom is 0.234 e. The maximum atomic E-state index is 12.5. The minimum atomic E-state index is -0.0529. The lowest BCUT2D eigenvalue weighted by Crippen LogP contribution is -2.16. The van der Waals surface area contributed by atoms with Gasteiger partial charge in [0.05, 0.1) is 5.75 Å². The molecule has 0 saturated heterocycles. The number of hydrogen-bond acceptors (Lipinski definition) is 5. The van der Waals surface area contributed by atoms with E-state index in [1.807, 2.05) is 42.7 Å². The van der Waals surface area contributed by atoms with Gasteiger partial charge in [-0.3, -0.25) is 9.36 Å². The number of thioether (sulfide) groups is 1. The van der Waals surface area contributed by atoms with E-state index in [4.69, 9.17) is 0 Å². The van der Waals surface area contributed by atoms with Crippen molar-refractivity contribution in [2.45, 2.75) is 45.3 Å². The number of hydrogen-bond donors (Lipinski definition) is 1. The van der Waals surface area contributed by atoms with Crippen molar-refractivity contribution in [3.63, 3.8) is 0 Å². The third kappa shape index (κ3) is 5.16. The Balaban J connectivity index is 1.72. The van der Waals surface area contributed by atoms with Crippen LogP contribution in [0.4, 0.5) is 5.69 Å². The van der Waals surface area contributed by atoms with Crippen LogP contribution in [0.2, 0.25) is 0 Å². The van der Waals surface area contributed by atoms with E-state index in [0.29, 0.717) is 6.54 Å².